The summed E-state index contributed by atoms with van der Waals surface area (Å²) in [6, 6.07) is 4.62. The number of hydrogen-bond acceptors (Lipinski definition) is 5. The number of phenolic OH excluding ortho intramolecular Hbond substituents is 1. The van der Waals surface area contributed by atoms with Crippen LogP contribution in [0.5, 0.6) is 5.75 Å². The molecule has 1 aromatic rings. The molecule has 7 heteroatoms. The van der Waals surface area contributed by atoms with Gasteiger partial charge < -0.3 is 20.2 Å². The number of hydrogen-bond donors (Lipinski definition) is 2. The van der Waals surface area contributed by atoms with Crippen molar-refractivity contribution in [2.45, 2.75) is 52.9 Å². The number of carbonyl (C=O) groups excluding carboxylic acids is 2. The zero-order valence-corrected chi connectivity index (χ0v) is 19.6. The van der Waals surface area contributed by atoms with Gasteiger partial charge in [-0.25, -0.2) is 0 Å². The van der Waals surface area contributed by atoms with Gasteiger partial charge in [0.05, 0.1) is 5.71 Å². The Morgan fingerprint density at radius 1 is 1.28 bits per heavy atom. The largest absolute Gasteiger partial charge is 0.508 e. The minimum Gasteiger partial charge on any atom is -0.508 e. The summed E-state index contributed by atoms with van der Waals surface area (Å²) < 4.78 is 0. The number of nitrogens with zero attached hydrogens (tertiary/aromatic N) is 2. The highest BCUT2D eigenvalue weighted by molar-refractivity contribution is 6.00. The van der Waals surface area contributed by atoms with Gasteiger partial charge in [-0.15, -0.1) is 6.58 Å². The van der Waals surface area contributed by atoms with Crippen LogP contribution in [-0.4, -0.2) is 53.8 Å². The second kappa shape index (κ2) is 15.7. The van der Waals surface area contributed by atoms with Crippen molar-refractivity contribution in [1.29, 1.82) is 0 Å². The van der Waals surface area contributed by atoms with E-state index in [2.05, 4.69) is 24.0 Å². The van der Waals surface area contributed by atoms with Crippen LogP contribution in [0, 0.1) is 0 Å². The zero-order valence-electron chi connectivity index (χ0n) is 19.6. The molecule has 32 heavy (non-hydrogen) atoms. The minimum atomic E-state index is -0.230. The quantitative estimate of drug-likeness (QED) is 0.184. The van der Waals surface area contributed by atoms with Gasteiger partial charge >= 0.3 is 0 Å². The number of phenols is 1. The van der Waals surface area contributed by atoms with Crippen molar-refractivity contribution >= 4 is 17.5 Å². The monoisotopic (exact) mass is 443 g/mol. The highest BCUT2D eigenvalue weighted by Gasteiger charge is 2.15. The van der Waals surface area contributed by atoms with Gasteiger partial charge in [0.15, 0.2) is 6.61 Å². The molecule has 0 aliphatic rings. The van der Waals surface area contributed by atoms with E-state index in [1.807, 2.05) is 26.0 Å². The molecule has 0 atom stereocenters. The first-order chi connectivity index (χ1) is 15.5. The summed E-state index contributed by atoms with van der Waals surface area (Å²) in [6.45, 7) is 11.3. The predicted octanol–water partition coefficient (Wildman–Crippen LogP) is 4.23. The van der Waals surface area contributed by atoms with Gasteiger partial charge in [0.2, 0.25) is 0 Å². The SMILES string of the molecule is C=CCCNC(=O)c1ccc(O)cc1CC(/C=C/CC)=N/OCC(=O)N(CC)CCCC. The summed E-state index contributed by atoms with van der Waals surface area (Å²) in [4.78, 5) is 32.1. The average molecular weight is 444 g/mol. The van der Waals surface area contributed by atoms with Crippen LogP contribution >= 0.6 is 0 Å². The summed E-state index contributed by atoms with van der Waals surface area (Å²) in [5.41, 5.74) is 1.63. The van der Waals surface area contributed by atoms with Gasteiger partial charge in [0.1, 0.15) is 5.75 Å². The van der Waals surface area contributed by atoms with E-state index in [0.29, 0.717) is 42.9 Å². The number of amides is 2. The molecule has 0 bridgehead atoms. The fraction of sp³-hybridized carbons (Fsp3) is 0.480. The lowest BCUT2D eigenvalue weighted by atomic mass is 10.0. The van der Waals surface area contributed by atoms with E-state index in [9.17, 15) is 14.7 Å². The Morgan fingerprint density at radius 3 is 2.72 bits per heavy atom. The second-order valence-corrected chi connectivity index (χ2v) is 7.35. The third-order valence-corrected chi connectivity index (χ3v) is 4.77. The smallest absolute Gasteiger partial charge is 0.263 e. The van der Waals surface area contributed by atoms with E-state index in [1.165, 1.54) is 6.07 Å². The van der Waals surface area contributed by atoms with Crippen LogP contribution in [-0.2, 0) is 16.1 Å². The van der Waals surface area contributed by atoms with E-state index < -0.39 is 0 Å². The fourth-order valence-corrected chi connectivity index (χ4v) is 2.97. The van der Waals surface area contributed by atoms with Crippen molar-refractivity contribution < 1.29 is 19.5 Å². The van der Waals surface area contributed by atoms with Gasteiger partial charge in [-0.3, -0.25) is 9.59 Å². The van der Waals surface area contributed by atoms with Gasteiger partial charge in [-0.1, -0.05) is 37.6 Å². The Bertz CT molecular complexity index is 802. The summed E-state index contributed by atoms with van der Waals surface area (Å²) in [7, 11) is 0. The fourth-order valence-electron chi connectivity index (χ4n) is 2.97. The number of oxime groups is 1. The van der Waals surface area contributed by atoms with Crippen molar-refractivity contribution in [1.82, 2.24) is 10.2 Å². The van der Waals surface area contributed by atoms with Crippen molar-refractivity contribution in [3.05, 3.63) is 54.1 Å². The highest BCUT2D eigenvalue weighted by Crippen LogP contribution is 2.18. The first-order valence-corrected chi connectivity index (χ1v) is 11.3. The number of likely N-dealkylation sites (N-methyl/N-ethyl adjacent to an activating group) is 1. The Morgan fingerprint density at radius 2 is 2.06 bits per heavy atom. The maximum Gasteiger partial charge on any atom is 0.263 e. The number of unbranched alkanes of at least 4 members (excludes halogenated alkanes) is 1. The molecule has 176 valence electrons. The number of rotatable bonds is 15. The van der Waals surface area contributed by atoms with Crippen LogP contribution < -0.4 is 5.32 Å². The molecule has 1 aromatic carbocycles. The molecule has 0 aliphatic carbocycles. The van der Waals surface area contributed by atoms with Gasteiger partial charge in [-0.2, -0.15) is 0 Å². The zero-order chi connectivity index (χ0) is 23.8. The molecule has 0 unspecified atom stereocenters. The number of benzene rings is 1. The van der Waals surface area contributed by atoms with Crippen LogP contribution in [0.25, 0.3) is 0 Å². The van der Waals surface area contributed by atoms with Gasteiger partial charge in [-0.05, 0) is 56.0 Å². The number of allylic oxidation sites excluding steroid dienone is 2. The molecule has 0 aliphatic heterocycles. The van der Waals surface area contributed by atoms with Crippen LogP contribution in [0.2, 0.25) is 0 Å². The van der Waals surface area contributed by atoms with Crippen molar-refractivity contribution in [2.75, 3.05) is 26.2 Å². The van der Waals surface area contributed by atoms with E-state index in [-0.39, 0.29) is 30.6 Å². The van der Waals surface area contributed by atoms with Crippen LogP contribution in [0.4, 0.5) is 0 Å². The third kappa shape index (κ3) is 9.81. The average Bonchev–Trinajstić information content (AvgIpc) is 2.78. The summed E-state index contributed by atoms with van der Waals surface area (Å²) >= 11 is 0. The number of carbonyl (C=O) groups is 2. The summed E-state index contributed by atoms with van der Waals surface area (Å²) in [5.74, 6) is -0.276. The first kappa shape index (κ1) is 26.9. The topological polar surface area (TPSA) is 91.2 Å². The molecule has 7 nitrogen and oxygen atoms in total. The van der Waals surface area contributed by atoms with Crippen molar-refractivity contribution in [3.63, 3.8) is 0 Å². The summed E-state index contributed by atoms with van der Waals surface area (Å²) in [5, 5.41) is 16.9. The Labute approximate surface area is 191 Å². The Kier molecular flexibility index (Phi) is 13.2. The lowest BCUT2D eigenvalue weighted by Gasteiger charge is -2.19. The molecule has 2 amide bonds. The van der Waals surface area contributed by atoms with E-state index in [0.717, 1.165) is 19.3 Å². The van der Waals surface area contributed by atoms with E-state index >= 15 is 0 Å². The van der Waals surface area contributed by atoms with E-state index in [4.69, 9.17) is 4.84 Å². The first-order valence-electron chi connectivity index (χ1n) is 11.3. The molecule has 0 spiro atoms. The molecule has 0 radical (unpaired) electrons. The lowest BCUT2D eigenvalue weighted by molar-refractivity contribution is -0.136. The van der Waals surface area contributed by atoms with Crippen molar-refractivity contribution in [3.8, 4) is 5.75 Å². The molecule has 0 saturated heterocycles. The molecule has 0 heterocycles. The molecular weight excluding hydrogens is 406 g/mol. The Hall–Kier alpha value is -3.09. The second-order valence-electron chi connectivity index (χ2n) is 7.35. The van der Waals surface area contributed by atoms with Crippen LogP contribution in [0.1, 0.15) is 62.4 Å². The number of nitrogens with one attached hydrogen (secondary N) is 1. The Balaban J connectivity index is 2.96. The molecular formula is C25H37N3O4. The van der Waals surface area contributed by atoms with Gasteiger partial charge in [0, 0.05) is 31.6 Å². The van der Waals surface area contributed by atoms with Crippen molar-refractivity contribution in [2.24, 2.45) is 5.16 Å². The van der Waals surface area contributed by atoms with Crippen LogP contribution in [0.3, 0.4) is 0 Å². The predicted molar refractivity (Wildman–Crippen MR) is 129 cm³/mol. The number of aromatic hydroxyl groups is 1. The molecule has 0 aromatic heterocycles. The van der Waals surface area contributed by atoms with Gasteiger partial charge in [0.25, 0.3) is 11.8 Å². The van der Waals surface area contributed by atoms with E-state index in [1.54, 1.807) is 23.1 Å². The molecule has 2 N–H and O–H groups in total. The molecule has 0 saturated carbocycles. The normalized spacial score (nSPS) is 11.4. The maximum atomic E-state index is 12.6. The summed E-state index contributed by atoms with van der Waals surface area (Å²) in [6.07, 6.45) is 9.17. The third-order valence-electron chi connectivity index (χ3n) is 4.77. The highest BCUT2D eigenvalue weighted by atomic mass is 16.6. The maximum absolute atomic E-state index is 12.6. The van der Waals surface area contributed by atoms with Crippen LogP contribution in [0.15, 0.2) is 48.2 Å². The molecule has 1 rings (SSSR count). The lowest BCUT2D eigenvalue weighted by Crippen LogP contribution is -2.34. The minimum absolute atomic E-state index is 0.0621. The molecule has 0 fully saturated rings. The standard InChI is InChI=1S/C25H37N3O4/c1-5-9-12-21(27-32-19-24(30)28(8-4)16-11-7-3)17-20-18-22(29)13-14-23(20)25(31)26-15-10-6-2/h6,9,12-14,18,29H,2,5,7-8,10-11,15-17,19H2,1,3-4H3,(H,26,31)/b12-9+,27-21+.